The van der Waals surface area contributed by atoms with E-state index in [0.717, 1.165) is 14.8 Å². The second-order valence-corrected chi connectivity index (χ2v) is 11.6. The third kappa shape index (κ3) is 6.68. The van der Waals surface area contributed by atoms with E-state index in [2.05, 4.69) is 5.32 Å². The Kier molecular flexibility index (Phi) is 9.32. The standard InChI is InChI=1S/C24H23Cl3N2O3S2/c1-16(17-6-10-19(33-2)11-7-17)28-24(30)15-29(14-21-22(26)4-3-5-23(21)27)34(31,32)20-12-8-18(25)9-13-20/h3-13,16H,14-15H2,1-2H3,(H,28,30)/t16-/m0/s1. The van der Waals surface area contributed by atoms with Crippen LogP contribution in [0.5, 0.6) is 0 Å². The monoisotopic (exact) mass is 556 g/mol. The van der Waals surface area contributed by atoms with Gasteiger partial charge in [0, 0.05) is 32.1 Å². The normalized spacial score (nSPS) is 12.5. The lowest BCUT2D eigenvalue weighted by Crippen LogP contribution is -2.41. The van der Waals surface area contributed by atoms with Crippen LogP contribution in [0.15, 0.2) is 76.5 Å². The molecule has 0 aliphatic carbocycles. The van der Waals surface area contributed by atoms with E-state index in [4.69, 9.17) is 34.8 Å². The maximum atomic E-state index is 13.4. The molecule has 0 saturated heterocycles. The molecule has 180 valence electrons. The molecule has 0 heterocycles. The summed E-state index contributed by atoms with van der Waals surface area (Å²) in [5, 5.41) is 3.90. The molecule has 0 bridgehead atoms. The van der Waals surface area contributed by atoms with Gasteiger partial charge in [-0.25, -0.2) is 8.42 Å². The van der Waals surface area contributed by atoms with Crippen LogP contribution in [0.3, 0.4) is 0 Å². The van der Waals surface area contributed by atoms with Crippen molar-refractivity contribution < 1.29 is 13.2 Å². The van der Waals surface area contributed by atoms with Gasteiger partial charge in [-0.15, -0.1) is 11.8 Å². The smallest absolute Gasteiger partial charge is 0.243 e. The fraction of sp³-hybridized carbons (Fsp3) is 0.208. The zero-order chi connectivity index (χ0) is 24.9. The van der Waals surface area contributed by atoms with Crippen LogP contribution < -0.4 is 5.32 Å². The number of hydrogen-bond acceptors (Lipinski definition) is 4. The molecule has 1 amide bonds. The number of benzene rings is 3. The molecule has 0 aliphatic rings. The Bertz CT molecular complexity index is 1230. The molecular formula is C24H23Cl3N2O3S2. The molecule has 1 N–H and O–H groups in total. The van der Waals surface area contributed by atoms with Crippen molar-refractivity contribution in [3.8, 4) is 0 Å². The van der Waals surface area contributed by atoms with Crippen LogP contribution in [0, 0.1) is 0 Å². The predicted octanol–water partition coefficient (Wildman–Crippen LogP) is 6.44. The Hall–Kier alpha value is -1.74. The highest BCUT2D eigenvalue weighted by Crippen LogP contribution is 2.28. The van der Waals surface area contributed by atoms with Gasteiger partial charge in [-0.3, -0.25) is 4.79 Å². The zero-order valence-corrected chi connectivity index (χ0v) is 22.4. The van der Waals surface area contributed by atoms with E-state index in [1.165, 1.54) is 24.3 Å². The van der Waals surface area contributed by atoms with Gasteiger partial charge in [0.25, 0.3) is 0 Å². The van der Waals surface area contributed by atoms with E-state index < -0.39 is 22.5 Å². The van der Waals surface area contributed by atoms with Crippen molar-refractivity contribution in [1.82, 2.24) is 9.62 Å². The van der Waals surface area contributed by atoms with E-state index in [0.29, 0.717) is 20.6 Å². The van der Waals surface area contributed by atoms with Crippen LogP contribution >= 0.6 is 46.6 Å². The van der Waals surface area contributed by atoms with Crippen molar-refractivity contribution in [1.29, 1.82) is 0 Å². The fourth-order valence-electron chi connectivity index (χ4n) is 3.26. The molecular weight excluding hydrogens is 535 g/mol. The zero-order valence-electron chi connectivity index (χ0n) is 18.5. The first-order valence-corrected chi connectivity index (χ1v) is 14.0. The Morgan fingerprint density at radius 3 is 2.12 bits per heavy atom. The Balaban J connectivity index is 1.86. The van der Waals surface area contributed by atoms with Gasteiger partial charge < -0.3 is 5.32 Å². The minimum absolute atomic E-state index is 0.00794. The molecule has 0 aromatic heterocycles. The van der Waals surface area contributed by atoms with Crippen LogP contribution in [0.2, 0.25) is 15.1 Å². The second-order valence-electron chi connectivity index (χ2n) is 7.49. The van der Waals surface area contributed by atoms with E-state index in [9.17, 15) is 13.2 Å². The molecule has 0 aliphatic heterocycles. The predicted molar refractivity (Wildman–Crippen MR) is 140 cm³/mol. The Labute approximate surface area is 219 Å². The van der Waals surface area contributed by atoms with Gasteiger partial charge in [0.2, 0.25) is 15.9 Å². The number of rotatable bonds is 9. The maximum Gasteiger partial charge on any atom is 0.243 e. The minimum Gasteiger partial charge on any atom is -0.348 e. The highest BCUT2D eigenvalue weighted by Gasteiger charge is 2.29. The summed E-state index contributed by atoms with van der Waals surface area (Å²) >= 11 is 20.1. The van der Waals surface area contributed by atoms with Crippen LogP contribution in [0.4, 0.5) is 0 Å². The molecule has 3 rings (SSSR count). The highest BCUT2D eigenvalue weighted by atomic mass is 35.5. The third-order valence-corrected chi connectivity index (χ3v) is 8.67. The molecule has 0 saturated carbocycles. The summed E-state index contributed by atoms with van der Waals surface area (Å²) in [7, 11) is -4.06. The van der Waals surface area contributed by atoms with Crippen molar-refractivity contribution in [2.45, 2.75) is 29.3 Å². The quantitative estimate of drug-likeness (QED) is 0.308. The average Bonchev–Trinajstić information content (AvgIpc) is 2.81. The van der Waals surface area contributed by atoms with Crippen molar-refractivity contribution in [3.63, 3.8) is 0 Å². The van der Waals surface area contributed by atoms with Gasteiger partial charge >= 0.3 is 0 Å². The largest absolute Gasteiger partial charge is 0.348 e. The van der Waals surface area contributed by atoms with Crippen molar-refractivity contribution in [2.24, 2.45) is 0 Å². The van der Waals surface area contributed by atoms with Crippen LogP contribution in [0.1, 0.15) is 24.1 Å². The fourth-order valence-corrected chi connectivity index (χ4v) is 5.68. The number of nitrogens with one attached hydrogen (secondary N) is 1. The highest BCUT2D eigenvalue weighted by molar-refractivity contribution is 7.98. The van der Waals surface area contributed by atoms with E-state index in [1.54, 1.807) is 30.0 Å². The number of halogens is 3. The van der Waals surface area contributed by atoms with Gasteiger partial charge in [-0.1, -0.05) is 53.0 Å². The summed E-state index contributed by atoms with van der Waals surface area (Å²) in [6.45, 7) is 1.25. The van der Waals surface area contributed by atoms with Crippen LogP contribution in [0.25, 0.3) is 0 Å². The van der Waals surface area contributed by atoms with Gasteiger partial charge in [0.05, 0.1) is 17.5 Å². The van der Waals surface area contributed by atoms with Gasteiger partial charge in [-0.05, 0) is 67.3 Å². The number of carbonyl (C=O) groups excluding carboxylic acids is 1. The first-order valence-electron chi connectivity index (χ1n) is 10.2. The van der Waals surface area contributed by atoms with Crippen LogP contribution in [-0.4, -0.2) is 31.4 Å². The van der Waals surface area contributed by atoms with Crippen molar-refractivity contribution in [2.75, 3.05) is 12.8 Å². The summed E-state index contributed by atoms with van der Waals surface area (Å²) in [6, 6.07) is 18.2. The Morgan fingerprint density at radius 1 is 0.971 bits per heavy atom. The molecule has 3 aromatic rings. The van der Waals surface area contributed by atoms with Crippen LogP contribution in [-0.2, 0) is 21.4 Å². The lowest BCUT2D eigenvalue weighted by atomic mass is 10.1. The second kappa shape index (κ2) is 11.8. The summed E-state index contributed by atoms with van der Waals surface area (Å²) < 4.78 is 28.0. The summed E-state index contributed by atoms with van der Waals surface area (Å²) in [5.41, 5.74) is 1.32. The lowest BCUT2D eigenvalue weighted by Gasteiger charge is -2.24. The number of nitrogens with zero attached hydrogens (tertiary/aromatic N) is 1. The van der Waals surface area contributed by atoms with E-state index >= 15 is 0 Å². The molecule has 0 fully saturated rings. The molecule has 0 spiro atoms. The first-order chi connectivity index (χ1) is 16.1. The van der Waals surface area contributed by atoms with E-state index in [1.807, 2.05) is 37.4 Å². The summed E-state index contributed by atoms with van der Waals surface area (Å²) in [6.07, 6.45) is 1.99. The molecule has 10 heteroatoms. The SMILES string of the molecule is CSc1ccc([C@H](C)NC(=O)CN(Cc2c(Cl)cccc2Cl)S(=O)(=O)c2ccc(Cl)cc2)cc1. The van der Waals surface area contributed by atoms with Gasteiger partial charge in [-0.2, -0.15) is 4.31 Å². The van der Waals surface area contributed by atoms with Gasteiger partial charge in [0.15, 0.2) is 0 Å². The molecule has 5 nitrogen and oxygen atoms in total. The topological polar surface area (TPSA) is 66.5 Å². The molecule has 0 unspecified atom stereocenters. The molecule has 34 heavy (non-hydrogen) atoms. The number of hydrogen-bond donors (Lipinski definition) is 1. The first kappa shape index (κ1) is 26.9. The van der Waals surface area contributed by atoms with Gasteiger partial charge in [0.1, 0.15) is 0 Å². The van der Waals surface area contributed by atoms with Crippen molar-refractivity contribution >= 4 is 62.5 Å². The Morgan fingerprint density at radius 2 is 1.56 bits per heavy atom. The van der Waals surface area contributed by atoms with E-state index in [-0.39, 0.29) is 17.5 Å². The number of thioether (sulfide) groups is 1. The number of sulfonamides is 1. The lowest BCUT2D eigenvalue weighted by molar-refractivity contribution is -0.122. The average molecular weight is 558 g/mol. The summed E-state index contributed by atoms with van der Waals surface area (Å²) in [4.78, 5) is 14.1. The maximum absolute atomic E-state index is 13.4. The minimum atomic E-state index is -4.06. The third-order valence-electron chi connectivity index (χ3n) is 5.16. The summed E-state index contributed by atoms with van der Waals surface area (Å²) in [5.74, 6) is -0.456. The molecule has 1 atom stereocenters. The number of amides is 1. The van der Waals surface area contributed by atoms with Crippen molar-refractivity contribution in [3.05, 3.63) is 92.9 Å². The molecule has 3 aromatic carbocycles. The molecule has 0 radical (unpaired) electrons. The number of carbonyl (C=O) groups is 1.